The second kappa shape index (κ2) is 6.09. The van der Waals surface area contributed by atoms with Crippen molar-refractivity contribution in [3.8, 4) is 0 Å². The molecule has 1 atom stereocenters. The van der Waals surface area contributed by atoms with Crippen LogP contribution in [0.1, 0.15) is 34.7 Å². The quantitative estimate of drug-likeness (QED) is 0.618. The van der Waals surface area contributed by atoms with E-state index in [9.17, 15) is 9.59 Å². The molecule has 1 fully saturated rings. The molecule has 1 aromatic heterocycles. The second-order valence-electron chi connectivity index (χ2n) is 5.82. The fourth-order valence-electron chi connectivity index (χ4n) is 3.14. The molecule has 116 valence electrons. The summed E-state index contributed by atoms with van der Waals surface area (Å²) >= 11 is 6.05. The molecule has 0 radical (unpaired) electrons. The van der Waals surface area contributed by atoms with E-state index in [1.165, 1.54) is 0 Å². The van der Waals surface area contributed by atoms with E-state index >= 15 is 0 Å². The van der Waals surface area contributed by atoms with Gasteiger partial charge in [-0.2, -0.15) is 0 Å². The highest BCUT2D eigenvalue weighted by atomic mass is 35.5. The highest BCUT2D eigenvalue weighted by Crippen LogP contribution is 2.37. The third-order valence-corrected chi connectivity index (χ3v) is 4.34. The summed E-state index contributed by atoms with van der Waals surface area (Å²) in [7, 11) is 0. The van der Waals surface area contributed by atoms with Crippen molar-refractivity contribution in [3.63, 3.8) is 0 Å². The van der Waals surface area contributed by atoms with Crippen LogP contribution in [-0.2, 0) is 9.59 Å². The van der Waals surface area contributed by atoms with Crippen LogP contribution in [0.15, 0.2) is 42.1 Å². The van der Waals surface area contributed by atoms with Gasteiger partial charge in [0.1, 0.15) is 5.92 Å². The van der Waals surface area contributed by atoms with Crippen molar-refractivity contribution in [2.24, 2.45) is 0 Å². The lowest BCUT2D eigenvalue weighted by Crippen LogP contribution is -2.15. The molecule has 0 bridgehead atoms. The first-order valence-corrected chi connectivity index (χ1v) is 7.80. The number of halogens is 1. The minimum Gasteiger partial charge on any atom is -0.298 e. The van der Waals surface area contributed by atoms with Crippen LogP contribution in [0.5, 0.6) is 0 Å². The molecule has 0 aliphatic heterocycles. The van der Waals surface area contributed by atoms with Gasteiger partial charge in [0.2, 0.25) is 0 Å². The monoisotopic (exact) mass is 325 g/mol. The summed E-state index contributed by atoms with van der Waals surface area (Å²) in [6, 6.07) is 9.07. The zero-order chi connectivity index (χ0) is 16.6. The molecule has 23 heavy (non-hydrogen) atoms. The molecule has 1 aliphatic carbocycles. The topological polar surface area (TPSA) is 47.0 Å². The summed E-state index contributed by atoms with van der Waals surface area (Å²) in [5, 5.41) is 0.617. The highest BCUT2D eigenvalue weighted by molar-refractivity contribution is 6.31. The van der Waals surface area contributed by atoms with E-state index in [2.05, 4.69) is 4.98 Å². The van der Waals surface area contributed by atoms with Gasteiger partial charge in [0.25, 0.3) is 0 Å². The van der Waals surface area contributed by atoms with Crippen LogP contribution in [0.25, 0.3) is 6.08 Å². The van der Waals surface area contributed by atoms with E-state index in [1.54, 1.807) is 24.4 Å². The molecule has 2 aromatic rings. The molecule has 4 heteroatoms. The number of aryl methyl sites for hydroxylation is 2. The normalized spacial score (nSPS) is 19.6. The van der Waals surface area contributed by atoms with Gasteiger partial charge in [0.15, 0.2) is 11.6 Å². The summed E-state index contributed by atoms with van der Waals surface area (Å²) in [6.07, 6.45) is 3.53. The standard InChI is InChI=1S/C19H16ClNO2/c1-11-7-14(20)8-12(2)17(11)18-16(22)10-13(19(18)23)9-15-5-3-4-6-21-15/h3-9,18H,10H2,1-2H3. The van der Waals surface area contributed by atoms with Crippen molar-refractivity contribution in [1.29, 1.82) is 0 Å². The van der Waals surface area contributed by atoms with Crippen LogP contribution in [0.4, 0.5) is 0 Å². The van der Waals surface area contributed by atoms with E-state index in [0.29, 0.717) is 16.3 Å². The first-order valence-electron chi connectivity index (χ1n) is 7.42. The van der Waals surface area contributed by atoms with Gasteiger partial charge >= 0.3 is 0 Å². The van der Waals surface area contributed by atoms with E-state index < -0.39 is 5.92 Å². The van der Waals surface area contributed by atoms with E-state index in [4.69, 9.17) is 11.6 Å². The average molecular weight is 326 g/mol. The molecule has 1 saturated carbocycles. The fourth-order valence-corrected chi connectivity index (χ4v) is 3.47. The number of carbonyl (C=O) groups is 2. The van der Waals surface area contributed by atoms with Crippen molar-refractivity contribution >= 4 is 29.2 Å². The molecule has 0 N–H and O–H groups in total. The number of rotatable bonds is 2. The Kier molecular flexibility index (Phi) is 4.14. The average Bonchev–Trinajstić information content (AvgIpc) is 2.75. The third kappa shape index (κ3) is 2.97. The van der Waals surface area contributed by atoms with Crippen molar-refractivity contribution < 1.29 is 9.59 Å². The zero-order valence-corrected chi connectivity index (χ0v) is 13.7. The van der Waals surface area contributed by atoms with Gasteiger partial charge in [-0.25, -0.2) is 0 Å². The molecule has 0 spiro atoms. The maximum absolute atomic E-state index is 12.8. The predicted octanol–water partition coefficient (Wildman–Crippen LogP) is 4.06. The number of aromatic nitrogens is 1. The molecule has 0 saturated heterocycles. The maximum Gasteiger partial charge on any atom is 0.174 e. The first kappa shape index (κ1) is 15.6. The van der Waals surface area contributed by atoms with Gasteiger partial charge in [-0.05, 0) is 60.9 Å². The Balaban J connectivity index is 2.02. The van der Waals surface area contributed by atoms with Crippen molar-refractivity contribution in [2.45, 2.75) is 26.2 Å². The number of Topliss-reactive ketones (excluding diaryl/α,β-unsaturated/α-hetero) is 2. The molecule has 0 amide bonds. The lowest BCUT2D eigenvalue weighted by molar-refractivity contribution is -0.123. The predicted molar refractivity (Wildman–Crippen MR) is 90.5 cm³/mol. The van der Waals surface area contributed by atoms with Gasteiger partial charge in [-0.3, -0.25) is 14.6 Å². The van der Waals surface area contributed by atoms with Crippen LogP contribution in [-0.4, -0.2) is 16.6 Å². The van der Waals surface area contributed by atoms with Crippen molar-refractivity contribution in [2.75, 3.05) is 0 Å². The minimum atomic E-state index is -0.720. The number of hydrogen-bond acceptors (Lipinski definition) is 3. The highest BCUT2D eigenvalue weighted by Gasteiger charge is 2.39. The Labute approximate surface area is 140 Å². The van der Waals surface area contributed by atoms with Crippen LogP contribution >= 0.6 is 11.6 Å². The molecular formula is C19H16ClNO2. The molecule has 1 aliphatic rings. The van der Waals surface area contributed by atoms with Crippen LogP contribution < -0.4 is 0 Å². The third-order valence-electron chi connectivity index (χ3n) is 4.12. The molecule has 3 rings (SSSR count). The summed E-state index contributed by atoms with van der Waals surface area (Å²) in [5.41, 5.74) is 3.75. The van der Waals surface area contributed by atoms with Gasteiger partial charge in [-0.1, -0.05) is 17.7 Å². The SMILES string of the molecule is Cc1cc(Cl)cc(C)c1C1C(=O)CC(=Cc2ccccn2)C1=O. The Morgan fingerprint density at radius 2 is 1.87 bits per heavy atom. The van der Waals surface area contributed by atoms with E-state index in [0.717, 1.165) is 16.7 Å². The largest absolute Gasteiger partial charge is 0.298 e. The number of nitrogens with zero attached hydrogens (tertiary/aromatic N) is 1. The van der Waals surface area contributed by atoms with Gasteiger partial charge < -0.3 is 0 Å². The van der Waals surface area contributed by atoms with Crippen molar-refractivity contribution in [1.82, 2.24) is 4.98 Å². The summed E-state index contributed by atoms with van der Waals surface area (Å²) in [5.74, 6) is -0.915. The molecule has 1 heterocycles. The Bertz CT molecular complexity index is 802. The van der Waals surface area contributed by atoms with Crippen molar-refractivity contribution in [3.05, 3.63) is 69.5 Å². The van der Waals surface area contributed by atoms with Crippen LogP contribution in [0.2, 0.25) is 5.02 Å². The number of ketones is 2. The second-order valence-corrected chi connectivity index (χ2v) is 6.25. The van der Waals surface area contributed by atoms with Crippen LogP contribution in [0, 0.1) is 13.8 Å². The maximum atomic E-state index is 12.8. The lowest BCUT2D eigenvalue weighted by Gasteiger charge is -2.14. The smallest absolute Gasteiger partial charge is 0.174 e. The number of hydrogen-bond donors (Lipinski definition) is 0. The summed E-state index contributed by atoms with van der Waals surface area (Å²) in [6.45, 7) is 3.77. The molecule has 3 nitrogen and oxygen atoms in total. The zero-order valence-electron chi connectivity index (χ0n) is 13.0. The number of benzene rings is 1. The van der Waals surface area contributed by atoms with Gasteiger partial charge in [-0.15, -0.1) is 0 Å². The Hall–Kier alpha value is -2.26. The minimum absolute atomic E-state index is 0.0642. The summed E-state index contributed by atoms with van der Waals surface area (Å²) < 4.78 is 0. The molecular weight excluding hydrogens is 310 g/mol. The number of carbonyl (C=O) groups excluding carboxylic acids is 2. The number of allylic oxidation sites excluding steroid dienone is 1. The van der Waals surface area contributed by atoms with E-state index in [1.807, 2.05) is 32.0 Å². The Morgan fingerprint density at radius 1 is 1.17 bits per heavy atom. The fraction of sp³-hybridized carbons (Fsp3) is 0.211. The lowest BCUT2D eigenvalue weighted by atomic mass is 9.88. The molecule has 1 unspecified atom stereocenters. The first-order chi connectivity index (χ1) is 11.0. The van der Waals surface area contributed by atoms with Crippen LogP contribution in [0.3, 0.4) is 0 Å². The van der Waals surface area contributed by atoms with Gasteiger partial charge in [0.05, 0.1) is 5.69 Å². The Morgan fingerprint density at radius 3 is 2.48 bits per heavy atom. The van der Waals surface area contributed by atoms with Gasteiger partial charge in [0, 0.05) is 23.2 Å². The summed E-state index contributed by atoms with van der Waals surface area (Å²) in [4.78, 5) is 29.4. The molecule has 1 aromatic carbocycles. The van der Waals surface area contributed by atoms with E-state index in [-0.39, 0.29) is 18.0 Å². The number of pyridine rings is 1.